The molecular formula is C19H17N3O2S3. The van der Waals surface area contributed by atoms with Crippen LogP contribution >= 0.6 is 34.4 Å². The molecule has 1 saturated heterocycles. The Balaban J connectivity index is 1.48. The van der Waals surface area contributed by atoms with Crippen molar-refractivity contribution in [3.8, 4) is 9.88 Å². The Bertz CT molecular complexity index is 951. The number of anilines is 1. The molecule has 3 heterocycles. The van der Waals surface area contributed by atoms with E-state index in [1.807, 2.05) is 48.7 Å². The largest absolute Gasteiger partial charge is 0.324 e. The summed E-state index contributed by atoms with van der Waals surface area (Å²) >= 11 is 4.56. The number of thioether (sulfide) groups is 1. The van der Waals surface area contributed by atoms with E-state index in [1.165, 1.54) is 11.3 Å². The van der Waals surface area contributed by atoms with Gasteiger partial charge in [0.15, 0.2) is 0 Å². The lowest BCUT2D eigenvalue weighted by molar-refractivity contribution is -0.119. The van der Waals surface area contributed by atoms with Gasteiger partial charge in [0, 0.05) is 11.4 Å². The molecule has 3 aromatic rings. The molecule has 5 nitrogen and oxygen atoms in total. The Labute approximate surface area is 169 Å². The Hall–Kier alpha value is -2.16. The summed E-state index contributed by atoms with van der Waals surface area (Å²) in [6.07, 6.45) is 1.61. The molecule has 2 aromatic heterocycles. The highest BCUT2D eigenvalue weighted by Gasteiger charge is 2.36. The van der Waals surface area contributed by atoms with Gasteiger partial charge >= 0.3 is 0 Å². The van der Waals surface area contributed by atoms with Gasteiger partial charge in [-0.2, -0.15) is 0 Å². The number of amides is 2. The number of aromatic nitrogens is 1. The van der Waals surface area contributed by atoms with Crippen molar-refractivity contribution >= 4 is 51.9 Å². The summed E-state index contributed by atoms with van der Waals surface area (Å²) in [5, 5.41) is 5.74. The SMILES string of the molecule is Cc1ccc(NC(=O)C2CSCN2C(=O)c2cnc(-c3cccs3)s2)cc1. The lowest BCUT2D eigenvalue weighted by atomic mass is 10.2. The average molecular weight is 416 g/mol. The zero-order valence-electron chi connectivity index (χ0n) is 14.5. The number of carbonyl (C=O) groups is 2. The third-order valence-corrected chi connectivity index (χ3v) is 7.25. The smallest absolute Gasteiger partial charge is 0.266 e. The normalized spacial score (nSPS) is 16.5. The van der Waals surface area contributed by atoms with E-state index in [1.54, 1.807) is 34.2 Å². The monoisotopic (exact) mass is 415 g/mol. The quantitative estimate of drug-likeness (QED) is 0.689. The van der Waals surface area contributed by atoms with Gasteiger partial charge in [0.2, 0.25) is 5.91 Å². The van der Waals surface area contributed by atoms with Gasteiger partial charge in [-0.1, -0.05) is 23.8 Å². The standard InChI is InChI=1S/C19H17N3O2S3/c1-12-4-6-13(7-5-12)21-17(23)14-10-25-11-22(14)19(24)16-9-20-18(27-16)15-3-2-8-26-15/h2-9,14H,10-11H2,1H3,(H,21,23). The molecule has 27 heavy (non-hydrogen) atoms. The number of rotatable bonds is 4. The first-order valence-electron chi connectivity index (χ1n) is 8.38. The number of aryl methyl sites for hydroxylation is 1. The molecule has 1 aliphatic heterocycles. The van der Waals surface area contributed by atoms with E-state index >= 15 is 0 Å². The third-order valence-electron chi connectivity index (χ3n) is 4.21. The minimum absolute atomic E-state index is 0.135. The summed E-state index contributed by atoms with van der Waals surface area (Å²) in [5.41, 5.74) is 1.88. The first-order chi connectivity index (χ1) is 13.1. The third kappa shape index (κ3) is 3.92. The topological polar surface area (TPSA) is 62.3 Å². The number of hydrogen-bond donors (Lipinski definition) is 1. The zero-order valence-corrected chi connectivity index (χ0v) is 17.0. The maximum absolute atomic E-state index is 12.9. The van der Waals surface area contributed by atoms with Crippen LogP contribution in [0.15, 0.2) is 48.0 Å². The van der Waals surface area contributed by atoms with Crippen LogP contribution in [0, 0.1) is 6.92 Å². The highest BCUT2D eigenvalue weighted by atomic mass is 32.2. The molecule has 1 aliphatic rings. The second-order valence-corrected chi connectivity index (χ2v) is 9.13. The molecule has 1 atom stereocenters. The van der Waals surface area contributed by atoms with E-state index in [9.17, 15) is 9.59 Å². The van der Waals surface area contributed by atoms with Crippen molar-refractivity contribution < 1.29 is 9.59 Å². The minimum atomic E-state index is -0.476. The van der Waals surface area contributed by atoms with E-state index in [0.717, 1.165) is 21.1 Å². The number of thiophene rings is 1. The minimum Gasteiger partial charge on any atom is -0.324 e. The summed E-state index contributed by atoms with van der Waals surface area (Å²) in [6, 6.07) is 11.1. The molecule has 1 N–H and O–H groups in total. The van der Waals surface area contributed by atoms with E-state index in [2.05, 4.69) is 10.3 Å². The van der Waals surface area contributed by atoms with Crippen LogP contribution in [0.3, 0.4) is 0 Å². The number of nitrogens with one attached hydrogen (secondary N) is 1. The Morgan fingerprint density at radius 1 is 1.22 bits per heavy atom. The summed E-state index contributed by atoms with van der Waals surface area (Å²) in [4.78, 5) is 33.3. The fourth-order valence-corrected chi connectivity index (χ4v) is 5.58. The van der Waals surface area contributed by atoms with Gasteiger partial charge in [-0.25, -0.2) is 4.98 Å². The molecule has 1 unspecified atom stereocenters. The highest BCUT2D eigenvalue weighted by Crippen LogP contribution is 2.31. The number of hydrogen-bond acceptors (Lipinski definition) is 6. The van der Waals surface area contributed by atoms with Gasteiger partial charge in [0.05, 0.1) is 17.0 Å². The van der Waals surface area contributed by atoms with Crippen LogP contribution in [0.2, 0.25) is 0 Å². The van der Waals surface area contributed by atoms with Crippen LogP contribution in [0.4, 0.5) is 5.69 Å². The van der Waals surface area contributed by atoms with Crippen LogP contribution in [0.25, 0.3) is 9.88 Å². The van der Waals surface area contributed by atoms with Crippen molar-refractivity contribution in [1.29, 1.82) is 0 Å². The van der Waals surface area contributed by atoms with Crippen molar-refractivity contribution in [2.75, 3.05) is 16.9 Å². The lowest BCUT2D eigenvalue weighted by Crippen LogP contribution is -2.44. The van der Waals surface area contributed by atoms with Crippen LogP contribution in [-0.2, 0) is 4.79 Å². The number of thiazole rings is 1. The van der Waals surface area contributed by atoms with Crippen molar-refractivity contribution in [3.05, 3.63) is 58.4 Å². The number of benzene rings is 1. The van der Waals surface area contributed by atoms with Crippen molar-refractivity contribution in [1.82, 2.24) is 9.88 Å². The Morgan fingerprint density at radius 2 is 2.04 bits per heavy atom. The summed E-state index contributed by atoms with van der Waals surface area (Å²) < 4.78 is 0. The highest BCUT2D eigenvalue weighted by molar-refractivity contribution is 7.99. The molecular weight excluding hydrogens is 398 g/mol. The van der Waals surface area contributed by atoms with Gasteiger partial charge < -0.3 is 10.2 Å². The maximum atomic E-state index is 12.9. The van der Waals surface area contributed by atoms with Crippen LogP contribution < -0.4 is 5.32 Å². The van der Waals surface area contributed by atoms with Crippen molar-refractivity contribution in [3.63, 3.8) is 0 Å². The van der Waals surface area contributed by atoms with Crippen molar-refractivity contribution in [2.45, 2.75) is 13.0 Å². The Morgan fingerprint density at radius 3 is 2.78 bits per heavy atom. The summed E-state index contributed by atoms with van der Waals surface area (Å²) in [7, 11) is 0. The molecule has 8 heteroatoms. The van der Waals surface area contributed by atoms with Gasteiger partial charge in [-0.3, -0.25) is 9.59 Å². The van der Waals surface area contributed by atoms with E-state index < -0.39 is 6.04 Å². The van der Waals surface area contributed by atoms with Crippen LogP contribution in [-0.4, -0.2) is 39.4 Å². The molecule has 0 spiro atoms. The molecule has 0 aliphatic carbocycles. The van der Waals surface area contributed by atoms with Gasteiger partial charge in [-0.15, -0.1) is 34.4 Å². The van der Waals surface area contributed by atoms with Crippen LogP contribution in [0.5, 0.6) is 0 Å². The molecule has 138 valence electrons. The second kappa shape index (κ2) is 7.84. The summed E-state index contributed by atoms with van der Waals surface area (Å²) in [5.74, 6) is 0.821. The van der Waals surface area contributed by atoms with E-state index in [0.29, 0.717) is 16.5 Å². The maximum Gasteiger partial charge on any atom is 0.266 e. The predicted octanol–water partition coefficient (Wildman–Crippen LogP) is 4.33. The molecule has 0 bridgehead atoms. The first kappa shape index (κ1) is 18.2. The molecule has 1 aromatic carbocycles. The molecule has 2 amide bonds. The Kier molecular flexibility index (Phi) is 5.29. The molecule has 0 saturated carbocycles. The van der Waals surface area contributed by atoms with Gasteiger partial charge in [-0.05, 0) is 30.5 Å². The fraction of sp³-hybridized carbons (Fsp3) is 0.211. The average Bonchev–Trinajstić information content (AvgIpc) is 3.42. The van der Waals surface area contributed by atoms with E-state index in [4.69, 9.17) is 0 Å². The first-order valence-corrected chi connectivity index (χ1v) is 11.2. The summed E-state index contributed by atoms with van der Waals surface area (Å²) in [6.45, 7) is 2.00. The van der Waals surface area contributed by atoms with E-state index in [-0.39, 0.29) is 11.8 Å². The van der Waals surface area contributed by atoms with Gasteiger partial charge in [0.1, 0.15) is 15.9 Å². The lowest BCUT2D eigenvalue weighted by Gasteiger charge is -2.22. The molecule has 4 rings (SSSR count). The zero-order chi connectivity index (χ0) is 18.8. The molecule has 1 fully saturated rings. The van der Waals surface area contributed by atoms with Crippen LogP contribution in [0.1, 0.15) is 15.2 Å². The second-order valence-electron chi connectivity index (χ2n) is 6.15. The number of nitrogens with zero attached hydrogens (tertiary/aromatic N) is 2. The fourth-order valence-electron chi connectivity index (χ4n) is 2.75. The predicted molar refractivity (Wildman–Crippen MR) is 113 cm³/mol. The molecule has 0 radical (unpaired) electrons. The van der Waals surface area contributed by atoms with Gasteiger partial charge in [0.25, 0.3) is 5.91 Å². The van der Waals surface area contributed by atoms with Crippen molar-refractivity contribution in [2.24, 2.45) is 0 Å². The number of carbonyl (C=O) groups excluding carboxylic acids is 2.